The number of nitrogens with one attached hydrogen (secondary N) is 2. The van der Waals surface area contributed by atoms with Crippen LogP contribution in [0.1, 0.15) is 26.0 Å². The fourth-order valence-corrected chi connectivity index (χ4v) is 4.15. The lowest BCUT2D eigenvalue weighted by molar-refractivity contribution is 0.120. The molecular formula is C23H30F2N8. The Bertz CT molecular complexity index is 1150. The Morgan fingerprint density at radius 1 is 1.24 bits per heavy atom. The number of piperidine rings is 1. The van der Waals surface area contributed by atoms with E-state index in [2.05, 4.69) is 25.7 Å². The highest BCUT2D eigenvalue weighted by atomic mass is 19.1. The van der Waals surface area contributed by atoms with Gasteiger partial charge in [0.05, 0.1) is 23.1 Å². The Kier molecular flexibility index (Phi) is 6.83. The molecule has 0 saturated carbocycles. The van der Waals surface area contributed by atoms with Gasteiger partial charge in [-0.3, -0.25) is 14.9 Å². The minimum absolute atomic E-state index is 0.207. The quantitative estimate of drug-likeness (QED) is 0.522. The number of likely N-dealkylation sites (tertiary alicyclic amines) is 1. The Hall–Kier alpha value is -3.14. The third kappa shape index (κ3) is 4.95. The maximum Gasteiger partial charge on any atom is 0.243 e. The van der Waals surface area contributed by atoms with Gasteiger partial charge in [0.1, 0.15) is 18.4 Å². The second-order valence-electron chi connectivity index (χ2n) is 8.46. The summed E-state index contributed by atoms with van der Waals surface area (Å²) in [5.74, 6) is 0.955. The Balaban J connectivity index is 1.62. The molecule has 4 rings (SSSR count). The average Bonchev–Trinajstić information content (AvgIpc) is 3.20. The number of halogens is 2. The van der Waals surface area contributed by atoms with Gasteiger partial charge >= 0.3 is 0 Å². The molecule has 4 heterocycles. The summed E-state index contributed by atoms with van der Waals surface area (Å²) in [7, 11) is 1.79. The van der Waals surface area contributed by atoms with Crippen LogP contribution in [0.2, 0.25) is 0 Å². The SMILES string of the molecule is CNc1nc(NC2CCN(CCF)CC2F)nn2ccc(-c3ccc(N=C(C)C)c(C)n3)c12. The lowest BCUT2D eigenvalue weighted by Gasteiger charge is -2.34. The first kappa shape index (κ1) is 23.0. The first-order chi connectivity index (χ1) is 15.9. The number of fused-ring (bicyclic) bond motifs is 1. The molecule has 2 unspecified atom stereocenters. The fourth-order valence-electron chi connectivity index (χ4n) is 4.15. The molecule has 0 aromatic carbocycles. The highest BCUT2D eigenvalue weighted by molar-refractivity contribution is 5.88. The molecule has 1 aliphatic heterocycles. The number of hydrogen-bond donors (Lipinski definition) is 2. The van der Waals surface area contributed by atoms with Gasteiger partial charge in [0, 0.05) is 44.2 Å². The predicted molar refractivity (Wildman–Crippen MR) is 128 cm³/mol. The first-order valence-electron chi connectivity index (χ1n) is 11.2. The van der Waals surface area contributed by atoms with Gasteiger partial charge in [-0.2, -0.15) is 4.98 Å². The number of aliphatic imine (C=N–C) groups is 1. The molecule has 8 nitrogen and oxygen atoms in total. The van der Waals surface area contributed by atoms with E-state index in [0.29, 0.717) is 24.7 Å². The van der Waals surface area contributed by atoms with Crippen molar-refractivity contribution in [3.63, 3.8) is 0 Å². The van der Waals surface area contributed by atoms with Crippen molar-refractivity contribution < 1.29 is 8.78 Å². The van der Waals surface area contributed by atoms with Crippen molar-refractivity contribution in [2.75, 3.05) is 44.0 Å². The monoisotopic (exact) mass is 456 g/mol. The normalized spacial score (nSPS) is 19.0. The smallest absolute Gasteiger partial charge is 0.243 e. The molecule has 2 N–H and O–H groups in total. The van der Waals surface area contributed by atoms with E-state index in [1.807, 2.05) is 45.2 Å². The predicted octanol–water partition coefficient (Wildman–Crippen LogP) is 4.05. The minimum Gasteiger partial charge on any atom is -0.371 e. The van der Waals surface area contributed by atoms with Crippen molar-refractivity contribution in [2.24, 2.45) is 4.99 Å². The van der Waals surface area contributed by atoms with Gasteiger partial charge in [-0.1, -0.05) is 0 Å². The minimum atomic E-state index is -1.12. The molecule has 2 atom stereocenters. The van der Waals surface area contributed by atoms with Crippen molar-refractivity contribution in [2.45, 2.75) is 39.4 Å². The molecule has 10 heteroatoms. The van der Waals surface area contributed by atoms with Gasteiger partial charge in [-0.15, -0.1) is 5.10 Å². The number of anilines is 2. The fraction of sp³-hybridized carbons (Fsp3) is 0.478. The number of alkyl halides is 2. The molecule has 0 bridgehead atoms. The number of hydrogen-bond acceptors (Lipinski definition) is 7. The van der Waals surface area contributed by atoms with Crippen molar-refractivity contribution in [1.29, 1.82) is 0 Å². The largest absolute Gasteiger partial charge is 0.371 e. The highest BCUT2D eigenvalue weighted by Gasteiger charge is 2.30. The van der Waals surface area contributed by atoms with Crippen molar-refractivity contribution in [3.8, 4) is 11.3 Å². The van der Waals surface area contributed by atoms with Gasteiger partial charge < -0.3 is 10.6 Å². The molecule has 1 aliphatic rings. The second-order valence-corrected chi connectivity index (χ2v) is 8.46. The summed E-state index contributed by atoms with van der Waals surface area (Å²) in [6.07, 6.45) is 1.28. The van der Waals surface area contributed by atoms with Gasteiger partial charge in [0.25, 0.3) is 0 Å². The number of aryl methyl sites for hydroxylation is 1. The van der Waals surface area contributed by atoms with Crippen LogP contribution in [-0.4, -0.2) is 75.8 Å². The van der Waals surface area contributed by atoms with E-state index in [1.54, 1.807) is 16.5 Å². The van der Waals surface area contributed by atoms with Crippen molar-refractivity contribution in [1.82, 2.24) is 24.5 Å². The standard InChI is InChI=1S/C23H30F2N8/c1-14(2)27-18-5-6-19(28-15(18)3)16-7-11-33-21(16)22(26-4)30-23(31-33)29-20-8-10-32(12-9-24)13-17(20)25/h5-7,11,17,20H,8-10,12-13H2,1-4H3,(H2,26,29,30,31). The summed E-state index contributed by atoms with van der Waals surface area (Å²) in [6.45, 7) is 6.50. The summed E-state index contributed by atoms with van der Waals surface area (Å²) in [5.41, 5.74) is 5.13. The second kappa shape index (κ2) is 9.78. The van der Waals surface area contributed by atoms with E-state index >= 15 is 0 Å². The summed E-state index contributed by atoms with van der Waals surface area (Å²) < 4.78 is 29.0. The average molecular weight is 457 g/mol. The Morgan fingerprint density at radius 2 is 2.06 bits per heavy atom. The van der Waals surface area contributed by atoms with Crippen LogP contribution in [0.25, 0.3) is 16.8 Å². The summed E-state index contributed by atoms with van der Waals surface area (Å²) in [5, 5.41) is 10.8. The van der Waals surface area contributed by atoms with Crippen LogP contribution in [0, 0.1) is 6.92 Å². The van der Waals surface area contributed by atoms with Crippen LogP contribution in [0.15, 0.2) is 29.4 Å². The maximum atomic E-state index is 14.7. The number of rotatable bonds is 7. The van der Waals surface area contributed by atoms with Crippen molar-refractivity contribution in [3.05, 3.63) is 30.1 Å². The van der Waals surface area contributed by atoms with Gasteiger partial charge in [-0.25, -0.2) is 13.3 Å². The van der Waals surface area contributed by atoms with Gasteiger partial charge in [0.2, 0.25) is 5.95 Å². The molecule has 176 valence electrons. The van der Waals surface area contributed by atoms with E-state index in [4.69, 9.17) is 4.98 Å². The Labute approximate surface area is 192 Å². The van der Waals surface area contributed by atoms with E-state index in [-0.39, 0.29) is 13.1 Å². The summed E-state index contributed by atoms with van der Waals surface area (Å²) >= 11 is 0. The van der Waals surface area contributed by atoms with Crippen LogP contribution >= 0.6 is 0 Å². The molecule has 0 spiro atoms. The van der Waals surface area contributed by atoms with Crippen LogP contribution in [0.5, 0.6) is 0 Å². The van der Waals surface area contributed by atoms with Crippen LogP contribution in [-0.2, 0) is 0 Å². The lowest BCUT2D eigenvalue weighted by atomic mass is 10.0. The molecule has 0 radical (unpaired) electrons. The lowest BCUT2D eigenvalue weighted by Crippen LogP contribution is -2.48. The highest BCUT2D eigenvalue weighted by Crippen LogP contribution is 2.31. The zero-order chi connectivity index (χ0) is 23.5. The molecule has 3 aromatic rings. The van der Waals surface area contributed by atoms with Gasteiger partial charge in [0.15, 0.2) is 5.82 Å². The first-order valence-corrected chi connectivity index (χ1v) is 11.2. The molecule has 33 heavy (non-hydrogen) atoms. The van der Waals surface area contributed by atoms with Crippen LogP contribution < -0.4 is 10.6 Å². The van der Waals surface area contributed by atoms with Crippen LogP contribution in [0.3, 0.4) is 0 Å². The van der Waals surface area contributed by atoms with E-state index in [0.717, 1.165) is 33.9 Å². The molecule has 0 aliphatic carbocycles. The zero-order valence-electron chi connectivity index (χ0n) is 19.4. The summed E-state index contributed by atoms with van der Waals surface area (Å²) in [4.78, 5) is 15.7. The third-order valence-electron chi connectivity index (χ3n) is 5.77. The number of pyridine rings is 1. The van der Waals surface area contributed by atoms with Crippen molar-refractivity contribution >= 4 is 28.7 Å². The van der Waals surface area contributed by atoms with Crippen LogP contribution in [0.4, 0.5) is 26.2 Å². The van der Waals surface area contributed by atoms with Gasteiger partial charge in [-0.05, 0) is 45.4 Å². The van der Waals surface area contributed by atoms with E-state index < -0.39 is 18.9 Å². The molecule has 1 saturated heterocycles. The topological polar surface area (TPSA) is 82.7 Å². The summed E-state index contributed by atoms with van der Waals surface area (Å²) in [6, 6.07) is 5.42. The molecule has 1 fully saturated rings. The molecule has 0 amide bonds. The van der Waals surface area contributed by atoms with E-state index in [9.17, 15) is 8.78 Å². The maximum absolute atomic E-state index is 14.7. The zero-order valence-corrected chi connectivity index (χ0v) is 19.4. The van der Waals surface area contributed by atoms with E-state index in [1.165, 1.54) is 0 Å². The number of aromatic nitrogens is 4. The molecule has 3 aromatic heterocycles. The third-order valence-corrected chi connectivity index (χ3v) is 5.77. The molecular weight excluding hydrogens is 426 g/mol. The Morgan fingerprint density at radius 3 is 2.73 bits per heavy atom. The number of nitrogens with zero attached hydrogens (tertiary/aromatic N) is 6.